The van der Waals surface area contributed by atoms with Crippen molar-refractivity contribution in [3.8, 4) is 0 Å². The van der Waals surface area contributed by atoms with E-state index in [2.05, 4.69) is 5.32 Å². The van der Waals surface area contributed by atoms with Crippen molar-refractivity contribution in [3.05, 3.63) is 215 Å². The molecule has 0 bridgehead atoms. The Hall–Kier alpha value is -6.63. The van der Waals surface area contributed by atoms with Gasteiger partial charge in [-0.15, -0.1) is 0 Å². The molecule has 11 unspecified atom stereocenters. The van der Waals surface area contributed by atoms with Crippen LogP contribution in [0.4, 0.5) is 0 Å². The lowest BCUT2D eigenvalue weighted by molar-refractivity contribution is -0.384. The lowest BCUT2D eigenvalue weighted by Gasteiger charge is -2.50. The summed E-state index contributed by atoms with van der Waals surface area (Å²) in [6.07, 6.45) is -14.5. The van der Waals surface area contributed by atoms with Crippen LogP contribution in [-0.4, -0.2) is 111 Å². The number of ether oxygens (including phenoxy) is 10. The van der Waals surface area contributed by atoms with Gasteiger partial charge in [-0.05, 0) is 47.5 Å². The van der Waals surface area contributed by atoms with E-state index in [1.54, 1.807) is 91.0 Å². The minimum Gasteiger partial charge on any atom is -0.452 e. The third kappa shape index (κ3) is 12.8. The van der Waals surface area contributed by atoms with Gasteiger partial charge in [0.05, 0.1) is 43.1 Å². The highest BCUT2D eigenvalue weighted by atomic mass is 16.8. The summed E-state index contributed by atoms with van der Waals surface area (Å²) in [5.74, 6) is -2.33. The largest absolute Gasteiger partial charge is 0.452 e. The van der Waals surface area contributed by atoms with Crippen LogP contribution in [0.25, 0.3) is 0 Å². The van der Waals surface area contributed by atoms with Gasteiger partial charge < -0.3 is 57.8 Å². The van der Waals surface area contributed by atoms with Crippen LogP contribution in [0.3, 0.4) is 0 Å². The number of carbonyl (C=O) groups is 3. The second-order valence-corrected chi connectivity index (χ2v) is 17.1. The molecular formula is C56H55NO14. The molecule has 11 atom stereocenters. The quantitative estimate of drug-likeness (QED) is 0.0482. The van der Waals surface area contributed by atoms with Crippen LogP contribution in [0.5, 0.6) is 0 Å². The first-order chi connectivity index (χ1) is 34.9. The molecule has 3 aliphatic heterocycles. The van der Waals surface area contributed by atoms with Crippen LogP contribution < -0.4 is 5.32 Å². The molecule has 3 aliphatic rings. The van der Waals surface area contributed by atoms with Gasteiger partial charge in [0.25, 0.3) is 0 Å². The third-order valence-electron chi connectivity index (χ3n) is 12.1. The van der Waals surface area contributed by atoms with E-state index in [1.165, 1.54) is 0 Å². The molecule has 3 saturated heterocycles. The Morgan fingerprint density at radius 3 is 1.63 bits per heavy atom. The van der Waals surface area contributed by atoms with Crippen LogP contribution in [0.1, 0.15) is 54.1 Å². The molecule has 9 rings (SSSR count). The van der Waals surface area contributed by atoms with Gasteiger partial charge in [0.1, 0.15) is 30.5 Å². The summed E-state index contributed by atoms with van der Waals surface area (Å²) in [6.45, 7) is 0.910. The van der Waals surface area contributed by atoms with Crippen molar-refractivity contribution in [1.29, 1.82) is 0 Å². The average Bonchev–Trinajstić information content (AvgIpc) is 3.42. The molecule has 0 radical (unpaired) electrons. The average molecular weight is 966 g/mol. The van der Waals surface area contributed by atoms with E-state index >= 15 is 0 Å². The fourth-order valence-electron chi connectivity index (χ4n) is 8.55. The molecule has 0 saturated carbocycles. The van der Waals surface area contributed by atoms with E-state index in [0.717, 1.165) is 11.1 Å². The molecule has 15 nitrogen and oxygen atoms in total. The summed E-state index contributed by atoms with van der Waals surface area (Å²) in [5.41, 5.74) is 3.23. The molecule has 0 spiro atoms. The van der Waals surface area contributed by atoms with Gasteiger partial charge in [0.2, 0.25) is 0 Å². The summed E-state index contributed by atoms with van der Waals surface area (Å²) in [7, 11) is 0. The van der Waals surface area contributed by atoms with E-state index in [-0.39, 0.29) is 43.1 Å². The molecule has 368 valence electrons. The maximum Gasteiger partial charge on any atom is 0.338 e. The molecule has 71 heavy (non-hydrogen) atoms. The minimum atomic E-state index is -1.59. The topological polar surface area (TPSA) is 176 Å². The number of benzene rings is 6. The van der Waals surface area contributed by atoms with Gasteiger partial charge >= 0.3 is 17.9 Å². The molecule has 0 amide bonds. The zero-order valence-electron chi connectivity index (χ0n) is 38.7. The van der Waals surface area contributed by atoms with Crippen LogP contribution in [0, 0.1) is 0 Å². The van der Waals surface area contributed by atoms with Gasteiger partial charge in [-0.25, -0.2) is 14.4 Å². The van der Waals surface area contributed by atoms with E-state index in [0.29, 0.717) is 18.7 Å². The lowest BCUT2D eigenvalue weighted by Crippen LogP contribution is -2.67. The summed E-state index contributed by atoms with van der Waals surface area (Å²) >= 11 is 0. The number of nitrogens with one attached hydrogen (secondary N) is 1. The molecule has 3 fully saturated rings. The van der Waals surface area contributed by atoms with Gasteiger partial charge in [-0.3, -0.25) is 0 Å². The number of aliphatic hydroxyl groups excluding tert-OH is 1. The summed E-state index contributed by atoms with van der Waals surface area (Å²) in [4.78, 5) is 42.4. The Labute approximate surface area is 411 Å². The van der Waals surface area contributed by atoms with Crippen LogP contribution in [0.2, 0.25) is 0 Å². The Balaban J connectivity index is 1.07. The van der Waals surface area contributed by atoms with Crippen molar-refractivity contribution in [2.24, 2.45) is 0 Å². The van der Waals surface area contributed by atoms with Crippen molar-refractivity contribution in [2.45, 2.75) is 80.9 Å². The second kappa shape index (κ2) is 24.5. The Morgan fingerprint density at radius 1 is 0.549 bits per heavy atom. The second-order valence-electron chi connectivity index (χ2n) is 17.1. The molecule has 2 N–H and O–H groups in total. The SMILES string of the molecule is O=C(OC1C(OC2C(COCc3ccccc3)OC(OCCNCc3ccccc3)C(OC(=O)c3ccccc3)C2OC(=O)c2ccccc2)OC2COC(c3ccccc3)OC2C1O)c1ccccc1. The highest BCUT2D eigenvalue weighted by molar-refractivity contribution is 5.90. The van der Waals surface area contributed by atoms with Gasteiger partial charge in [0.15, 0.2) is 37.2 Å². The first-order valence-electron chi connectivity index (χ1n) is 23.6. The highest BCUT2D eigenvalue weighted by Gasteiger charge is 2.57. The predicted molar refractivity (Wildman–Crippen MR) is 255 cm³/mol. The van der Waals surface area contributed by atoms with Gasteiger partial charge in [0, 0.05) is 18.7 Å². The molecule has 15 heteroatoms. The number of carbonyl (C=O) groups excluding carboxylic acids is 3. The van der Waals surface area contributed by atoms with Crippen molar-refractivity contribution < 1.29 is 66.9 Å². The Bertz CT molecular complexity index is 2580. The van der Waals surface area contributed by atoms with Gasteiger partial charge in [-0.2, -0.15) is 0 Å². The standard InChI is InChI=1S/C56H55NO14/c58-45-46-44(36-64-54(70-46)42-29-17-6-18-30-42)66-56(48(45)67-51(59)39-23-11-3-12-24-39)71-47-43(35-62-34-38-21-9-2-10-22-38)65-55(63-32-31-57-33-37-19-7-1-8-20-37)50(69-53(61)41-27-15-5-16-28-41)49(47)68-52(60)40-25-13-4-14-26-40/h1-30,43-50,54-58H,31-36H2. The molecule has 6 aromatic rings. The monoisotopic (exact) mass is 965 g/mol. The number of hydrogen-bond donors (Lipinski definition) is 2. The predicted octanol–water partition coefficient (Wildman–Crippen LogP) is 7.00. The first kappa shape index (κ1) is 49.4. The summed E-state index contributed by atoms with van der Waals surface area (Å²) in [6, 6.07) is 53.4. The zero-order valence-corrected chi connectivity index (χ0v) is 38.7. The summed E-state index contributed by atoms with van der Waals surface area (Å²) < 4.78 is 64.3. The molecular weight excluding hydrogens is 911 g/mol. The minimum absolute atomic E-state index is 0.0523. The summed E-state index contributed by atoms with van der Waals surface area (Å²) in [5, 5.41) is 15.7. The van der Waals surface area contributed by atoms with Crippen molar-refractivity contribution >= 4 is 17.9 Å². The normalized spacial score (nSPS) is 26.1. The maximum absolute atomic E-state index is 14.3. The Morgan fingerprint density at radius 2 is 1.06 bits per heavy atom. The molecule has 0 aromatic heterocycles. The van der Waals surface area contributed by atoms with Gasteiger partial charge in [-0.1, -0.05) is 146 Å². The smallest absolute Gasteiger partial charge is 0.338 e. The van der Waals surface area contributed by atoms with Crippen molar-refractivity contribution in [1.82, 2.24) is 5.32 Å². The van der Waals surface area contributed by atoms with Crippen LogP contribution >= 0.6 is 0 Å². The number of rotatable bonds is 19. The third-order valence-corrected chi connectivity index (χ3v) is 12.1. The maximum atomic E-state index is 14.3. The molecule has 3 heterocycles. The Kier molecular flexibility index (Phi) is 17.0. The van der Waals surface area contributed by atoms with E-state index in [9.17, 15) is 19.5 Å². The first-order valence-corrected chi connectivity index (χ1v) is 23.6. The van der Waals surface area contributed by atoms with E-state index in [1.807, 2.05) is 91.0 Å². The fourth-order valence-corrected chi connectivity index (χ4v) is 8.55. The molecule has 0 aliphatic carbocycles. The number of aliphatic hydroxyl groups is 1. The number of fused-ring (bicyclic) bond motifs is 1. The zero-order chi connectivity index (χ0) is 48.8. The number of hydrogen-bond acceptors (Lipinski definition) is 15. The van der Waals surface area contributed by atoms with E-state index < -0.39 is 85.6 Å². The van der Waals surface area contributed by atoms with Crippen molar-refractivity contribution in [2.75, 3.05) is 26.4 Å². The molecule has 6 aromatic carbocycles. The fraction of sp³-hybridized carbons (Fsp3) is 0.304. The van der Waals surface area contributed by atoms with Crippen molar-refractivity contribution in [3.63, 3.8) is 0 Å². The van der Waals surface area contributed by atoms with E-state index in [4.69, 9.17) is 47.4 Å². The van der Waals surface area contributed by atoms with Crippen LogP contribution in [0.15, 0.2) is 182 Å². The number of esters is 3. The highest BCUT2D eigenvalue weighted by Crippen LogP contribution is 2.39. The lowest BCUT2D eigenvalue weighted by atomic mass is 9.95. The van der Waals surface area contributed by atoms with Crippen LogP contribution in [-0.2, 0) is 60.5 Å².